The Morgan fingerprint density at radius 2 is 2.00 bits per heavy atom. The quantitative estimate of drug-likeness (QED) is 0.711. The van der Waals surface area contributed by atoms with Crippen LogP contribution in [0.5, 0.6) is 5.75 Å². The Bertz CT molecular complexity index is 746. The molecule has 0 aliphatic carbocycles. The van der Waals surface area contributed by atoms with Gasteiger partial charge in [-0.15, -0.1) is 0 Å². The molecule has 0 aromatic heterocycles. The van der Waals surface area contributed by atoms with Crippen molar-refractivity contribution in [1.82, 2.24) is 10.6 Å². The fourth-order valence-electron chi connectivity index (χ4n) is 2.78. The first-order valence-electron chi connectivity index (χ1n) is 7.72. The van der Waals surface area contributed by atoms with Crippen LogP contribution in [0.15, 0.2) is 48.5 Å². The molecule has 24 heavy (non-hydrogen) atoms. The molecule has 0 saturated carbocycles. The molecule has 0 saturated heterocycles. The second-order valence-corrected chi connectivity index (χ2v) is 5.55. The van der Waals surface area contributed by atoms with E-state index in [9.17, 15) is 9.59 Å². The summed E-state index contributed by atoms with van der Waals surface area (Å²) in [4.78, 5) is 22.5. The minimum atomic E-state index is -1.08. The Morgan fingerprint density at radius 1 is 1.21 bits per heavy atom. The van der Waals surface area contributed by atoms with Crippen LogP contribution < -0.4 is 15.4 Å². The van der Waals surface area contributed by atoms with Crippen molar-refractivity contribution >= 4 is 12.0 Å². The maximum atomic E-state index is 12.1. The summed E-state index contributed by atoms with van der Waals surface area (Å²) in [6.07, 6.45) is -0.367. The maximum Gasteiger partial charge on any atom is 0.404 e. The first-order valence-corrected chi connectivity index (χ1v) is 7.72. The molecular formula is C18H18N2O4. The van der Waals surface area contributed by atoms with Crippen LogP contribution in [0.4, 0.5) is 4.79 Å². The molecule has 1 unspecified atom stereocenters. The molecule has 6 heteroatoms. The molecule has 124 valence electrons. The van der Waals surface area contributed by atoms with Crippen LogP contribution in [0.2, 0.25) is 0 Å². The van der Waals surface area contributed by atoms with Crippen LogP contribution >= 0.6 is 0 Å². The zero-order valence-corrected chi connectivity index (χ0v) is 13.0. The van der Waals surface area contributed by atoms with Crippen LogP contribution in [0.25, 0.3) is 0 Å². The smallest absolute Gasteiger partial charge is 0.404 e. The van der Waals surface area contributed by atoms with Crippen LogP contribution in [0.1, 0.15) is 27.5 Å². The molecule has 0 fully saturated rings. The van der Waals surface area contributed by atoms with Crippen LogP contribution in [-0.4, -0.2) is 30.3 Å². The van der Waals surface area contributed by atoms with E-state index < -0.39 is 6.09 Å². The second kappa shape index (κ2) is 7.04. The Kier molecular flexibility index (Phi) is 4.65. The number of carbonyl (C=O) groups excluding carboxylic acids is 1. The van der Waals surface area contributed by atoms with Gasteiger partial charge in [0.15, 0.2) is 0 Å². The number of amides is 2. The number of carboxylic acid groups (broad SMARTS) is 1. The summed E-state index contributed by atoms with van der Waals surface area (Å²) in [6, 6.07) is 15.2. The van der Waals surface area contributed by atoms with Gasteiger partial charge in [-0.3, -0.25) is 4.79 Å². The van der Waals surface area contributed by atoms with Gasteiger partial charge in [0.2, 0.25) is 0 Å². The second-order valence-electron chi connectivity index (χ2n) is 5.55. The van der Waals surface area contributed by atoms with Crippen LogP contribution in [0.3, 0.4) is 0 Å². The van der Waals surface area contributed by atoms with E-state index in [1.807, 2.05) is 36.4 Å². The third-order valence-corrected chi connectivity index (χ3v) is 3.88. The monoisotopic (exact) mass is 326 g/mol. The zero-order chi connectivity index (χ0) is 16.9. The summed E-state index contributed by atoms with van der Waals surface area (Å²) >= 11 is 0. The Balaban J connectivity index is 1.70. The molecule has 1 heterocycles. The minimum Gasteiger partial charge on any atom is -0.492 e. The van der Waals surface area contributed by atoms with Crippen molar-refractivity contribution in [2.45, 2.75) is 12.5 Å². The maximum absolute atomic E-state index is 12.1. The standard InChI is InChI=1S/C18H18N2O4/c21-17-14-7-6-13(24-9-8-19-18(22)23)11-15(14)16(20-17)10-12-4-2-1-3-5-12/h1-7,11,16,19H,8-10H2,(H,20,21)(H,22,23). The van der Waals surface area contributed by atoms with Crippen molar-refractivity contribution in [3.8, 4) is 5.75 Å². The SMILES string of the molecule is O=C(O)NCCOc1ccc2c(c1)C(Cc1ccccc1)NC2=O. The van der Waals surface area contributed by atoms with Gasteiger partial charge in [-0.25, -0.2) is 4.79 Å². The summed E-state index contributed by atoms with van der Waals surface area (Å²) in [6.45, 7) is 0.437. The Labute approximate surface area is 139 Å². The average molecular weight is 326 g/mol. The number of ether oxygens (including phenoxy) is 1. The number of benzene rings is 2. The molecule has 6 nitrogen and oxygen atoms in total. The first-order chi connectivity index (χ1) is 11.6. The zero-order valence-electron chi connectivity index (χ0n) is 13.0. The molecule has 2 aromatic rings. The first kappa shape index (κ1) is 15.9. The summed E-state index contributed by atoms with van der Waals surface area (Å²) in [5, 5.41) is 13.8. The topological polar surface area (TPSA) is 87.7 Å². The van der Waals surface area contributed by atoms with Gasteiger partial charge in [0, 0.05) is 5.56 Å². The van der Waals surface area contributed by atoms with Crippen LogP contribution in [-0.2, 0) is 6.42 Å². The van der Waals surface area contributed by atoms with E-state index in [1.54, 1.807) is 12.1 Å². The number of fused-ring (bicyclic) bond motifs is 1. The van der Waals surface area contributed by atoms with Gasteiger partial charge in [-0.1, -0.05) is 30.3 Å². The van der Waals surface area contributed by atoms with Gasteiger partial charge in [-0.05, 0) is 35.7 Å². The van der Waals surface area contributed by atoms with E-state index in [1.165, 1.54) is 0 Å². The summed E-state index contributed by atoms with van der Waals surface area (Å²) in [7, 11) is 0. The number of rotatable bonds is 6. The molecule has 2 aromatic carbocycles. The normalized spacial score (nSPS) is 15.5. The molecule has 0 bridgehead atoms. The lowest BCUT2D eigenvalue weighted by atomic mass is 9.98. The highest BCUT2D eigenvalue weighted by atomic mass is 16.5. The van der Waals surface area contributed by atoms with E-state index in [4.69, 9.17) is 9.84 Å². The largest absolute Gasteiger partial charge is 0.492 e. The molecule has 0 radical (unpaired) electrons. The van der Waals surface area contributed by atoms with Crippen molar-refractivity contribution in [3.05, 3.63) is 65.2 Å². The van der Waals surface area contributed by atoms with Crippen molar-refractivity contribution in [3.63, 3.8) is 0 Å². The van der Waals surface area contributed by atoms with Crippen LogP contribution in [0, 0.1) is 0 Å². The highest BCUT2D eigenvalue weighted by Crippen LogP contribution is 2.31. The highest BCUT2D eigenvalue weighted by Gasteiger charge is 2.28. The predicted molar refractivity (Wildman–Crippen MR) is 88.3 cm³/mol. The van der Waals surface area contributed by atoms with Gasteiger partial charge in [0.05, 0.1) is 12.6 Å². The summed E-state index contributed by atoms with van der Waals surface area (Å²) in [5.41, 5.74) is 2.71. The molecule has 1 aliphatic heterocycles. The molecule has 2 amide bonds. The van der Waals surface area contributed by atoms with Gasteiger partial charge in [-0.2, -0.15) is 0 Å². The molecule has 3 N–H and O–H groups in total. The van der Waals surface area contributed by atoms with E-state index in [0.29, 0.717) is 17.7 Å². The van der Waals surface area contributed by atoms with Crippen molar-refractivity contribution in [2.75, 3.05) is 13.2 Å². The summed E-state index contributed by atoms with van der Waals surface area (Å²) < 4.78 is 5.55. The van der Waals surface area contributed by atoms with Gasteiger partial charge in [0.25, 0.3) is 5.91 Å². The average Bonchev–Trinajstić information content (AvgIpc) is 2.88. The molecule has 0 spiro atoms. The van der Waals surface area contributed by atoms with Gasteiger partial charge >= 0.3 is 6.09 Å². The van der Waals surface area contributed by atoms with E-state index in [0.717, 1.165) is 11.1 Å². The fraction of sp³-hybridized carbons (Fsp3) is 0.222. The minimum absolute atomic E-state index is 0.0787. The van der Waals surface area contributed by atoms with Gasteiger partial charge < -0.3 is 20.5 Å². The molecule has 3 rings (SSSR count). The Morgan fingerprint density at radius 3 is 2.75 bits per heavy atom. The van der Waals surface area contributed by atoms with Crippen molar-refractivity contribution in [1.29, 1.82) is 0 Å². The number of hydrogen-bond acceptors (Lipinski definition) is 3. The van der Waals surface area contributed by atoms with E-state index in [2.05, 4.69) is 10.6 Å². The van der Waals surface area contributed by atoms with E-state index in [-0.39, 0.29) is 25.1 Å². The third-order valence-electron chi connectivity index (χ3n) is 3.88. The fourth-order valence-corrected chi connectivity index (χ4v) is 2.78. The van der Waals surface area contributed by atoms with Crippen molar-refractivity contribution < 1.29 is 19.4 Å². The molecule has 1 atom stereocenters. The lowest BCUT2D eigenvalue weighted by Gasteiger charge is -2.13. The van der Waals surface area contributed by atoms with Gasteiger partial charge in [0.1, 0.15) is 12.4 Å². The van der Waals surface area contributed by atoms with E-state index >= 15 is 0 Å². The highest BCUT2D eigenvalue weighted by molar-refractivity contribution is 5.99. The predicted octanol–water partition coefficient (Wildman–Crippen LogP) is 2.36. The lowest BCUT2D eigenvalue weighted by Crippen LogP contribution is -2.26. The lowest BCUT2D eigenvalue weighted by molar-refractivity contribution is 0.0956. The van der Waals surface area contributed by atoms with Crippen molar-refractivity contribution in [2.24, 2.45) is 0 Å². The third kappa shape index (κ3) is 3.65. The number of hydrogen-bond donors (Lipinski definition) is 3. The molecular weight excluding hydrogens is 308 g/mol. The Hall–Kier alpha value is -3.02. The number of nitrogens with one attached hydrogen (secondary N) is 2. The summed E-state index contributed by atoms with van der Waals surface area (Å²) in [5.74, 6) is 0.542. The number of carbonyl (C=O) groups is 2. The molecule has 1 aliphatic rings.